The fraction of sp³-hybridized carbons (Fsp3) is 0.200. The van der Waals surface area contributed by atoms with E-state index in [0.29, 0.717) is 0 Å². The molecule has 0 aliphatic carbocycles. The summed E-state index contributed by atoms with van der Waals surface area (Å²) in [6.45, 7) is 0. The largest absolute Gasteiger partial charge is 0.207 e. The fourth-order valence-corrected chi connectivity index (χ4v) is 3.65. The van der Waals surface area contributed by atoms with Gasteiger partial charge in [0, 0.05) is 9.65 Å². The van der Waals surface area contributed by atoms with Crippen molar-refractivity contribution in [1.82, 2.24) is 0 Å². The van der Waals surface area contributed by atoms with E-state index in [1.165, 1.54) is 17.7 Å². The molecule has 0 aromatic heterocycles. The van der Waals surface area contributed by atoms with Gasteiger partial charge in [-0.25, -0.2) is 4.39 Å². The van der Waals surface area contributed by atoms with Gasteiger partial charge in [-0.15, -0.1) is 0 Å². The Morgan fingerprint density at radius 3 is 1.83 bits per heavy atom. The number of halogens is 3. The zero-order valence-corrected chi connectivity index (χ0v) is 12.9. The predicted molar refractivity (Wildman–Crippen MR) is 80.8 cm³/mol. The predicted octanol–water partition coefficient (Wildman–Crippen LogP) is 5.79. The van der Waals surface area contributed by atoms with E-state index in [4.69, 9.17) is 0 Å². The highest BCUT2D eigenvalue weighted by Crippen LogP contribution is 2.37. The molecule has 0 amide bonds. The number of rotatable bonds is 4. The van der Waals surface area contributed by atoms with Crippen molar-refractivity contribution in [2.45, 2.75) is 16.1 Å². The summed E-state index contributed by atoms with van der Waals surface area (Å²) in [4.78, 5) is 0.496. The SMILES string of the molecule is Fc1ccc(C(Br)CC(Br)c2ccccc2)cc1. The molecular formula is C15H13Br2F. The van der Waals surface area contributed by atoms with Crippen LogP contribution >= 0.6 is 31.9 Å². The van der Waals surface area contributed by atoms with E-state index in [1.54, 1.807) is 0 Å². The van der Waals surface area contributed by atoms with E-state index in [2.05, 4.69) is 44.0 Å². The molecule has 18 heavy (non-hydrogen) atoms. The van der Waals surface area contributed by atoms with Gasteiger partial charge in [-0.05, 0) is 29.7 Å². The molecule has 0 spiro atoms. The molecule has 2 aromatic carbocycles. The molecule has 2 aromatic rings. The van der Waals surface area contributed by atoms with Crippen LogP contribution in [0.25, 0.3) is 0 Å². The summed E-state index contributed by atoms with van der Waals surface area (Å²) in [6, 6.07) is 16.9. The first kappa shape index (κ1) is 13.8. The van der Waals surface area contributed by atoms with E-state index in [-0.39, 0.29) is 15.5 Å². The zero-order valence-electron chi connectivity index (χ0n) is 9.69. The van der Waals surface area contributed by atoms with Crippen molar-refractivity contribution in [2.24, 2.45) is 0 Å². The van der Waals surface area contributed by atoms with Crippen molar-refractivity contribution in [3.05, 3.63) is 71.5 Å². The van der Waals surface area contributed by atoms with Gasteiger partial charge in [0.15, 0.2) is 0 Å². The lowest BCUT2D eigenvalue weighted by atomic mass is 10.0. The molecule has 0 radical (unpaired) electrons. The van der Waals surface area contributed by atoms with Crippen LogP contribution in [0.1, 0.15) is 27.2 Å². The Balaban J connectivity index is 2.03. The Labute approximate surface area is 123 Å². The molecule has 94 valence electrons. The number of hydrogen-bond acceptors (Lipinski definition) is 0. The van der Waals surface area contributed by atoms with Gasteiger partial charge < -0.3 is 0 Å². The maximum atomic E-state index is 12.9. The summed E-state index contributed by atoms with van der Waals surface area (Å²) in [5, 5.41) is 0. The van der Waals surface area contributed by atoms with Gasteiger partial charge in [0.2, 0.25) is 0 Å². The Morgan fingerprint density at radius 1 is 0.778 bits per heavy atom. The zero-order chi connectivity index (χ0) is 13.0. The number of benzene rings is 2. The van der Waals surface area contributed by atoms with Gasteiger partial charge in [-0.3, -0.25) is 0 Å². The lowest BCUT2D eigenvalue weighted by Gasteiger charge is -2.15. The first-order valence-corrected chi connectivity index (χ1v) is 7.58. The highest BCUT2D eigenvalue weighted by Gasteiger charge is 2.14. The minimum Gasteiger partial charge on any atom is -0.207 e. The highest BCUT2D eigenvalue weighted by atomic mass is 79.9. The second-order valence-electron chi connectivity index (χ2n) is 4.13. The molecule has 2 atom stereocenters. The van der Waals surface area contributed by atoms with Crippen molar-refractivity contribution in [3.8, 4) is 0 Å². The van der Waals surface area contributed by atoms with Crippen molar-refractivity contribution < 1.29 is 4.39 Å². The quantitative estimate of drug-likeness (QED) is 0.597. The molecule has 2 rings (SSSR count). The number of hydrogen-bond donors (Lipinski definition) is 0. The maximum absolute atomic E-state index is 12.9. The third-order valence-electron chi connectivity index (χ3n) is 2.81. The molecular weight excluding hydrogens is 359 g/mol. The molecule has 0 aliphatic heterocycles. The van der Waals surface area contributed by atoms with Gasteiger partial charge in [-0.2, -0.15) is 0 Å². The molecule has 0 N–H and O–H groups in total. The van der Waals surface area contributed by atoms with Gasteiger partial charge in [0.05, 0.1) is 0 Å². The second kappa shape index (κ2) is 6.48. The van der Waals surface area contributed by atoms with Crippen molar-refractivity contribution in [1.29, 1.82) is 0 Å². The summed E-state index contributed by atoms with van der Waals surface area (Å²) in [5.41, 5.74) is 2.35. The van der Waals surface area contributed by atoms with Crippen LogP contribution in [0.3, 0.4) is 0 Å². The van der Waals surface area contributed by atoms with Crippen molar-refractivity contribution in [3.63, 3.8) is 0 Å². The van der Waals surface area contributed by atoms with Crippen LogP contribution in [-0.4, -0.2) is 0 Å². The van der Waals surface area contributed by atoms with Gasteiger partial charge >= 0.3 is 0 Å². The monoisotopic (exact) mass is 370 g/mol. The summed E-state index contributed by atoms with van der Waals surface area (Å²) in [7, 11) is 0. The molecule has 0 aliphatic rings. The highest BCUT2D eigenvalue weighted by molar-refractivity contribution is 9.09. The van der Waals surface area contributed by atoms with Crippen LogP contribution in [-0.2, 0) is 0 Å². The Bertz CT molecular complexity index is 482. The molecule has 0 saturated heterocycles. The molecule has 0 nitrogen and oxygen atoms in total. The Morgan fingerprint density at radius 2 is 1.28 bits per heavy atom. The van der Waals surface area contributed by atoms with Crippen LogP contribution in [0.4, 0.5) is 4.39 Å². The Kier molecular flexibility index (Phi) is 4.95. The van der Waals surface area contributed by atoms with Crippen LogP contribution in [0.15, 0.2) is 54.6 Å². The maximum Gasteiger partial charge on any atom is 0.123 e. The molecule has 0 saturated carbocycles. The second-order valence-corrected chi connectivity index (χ2v) is 6.34. The van der Waals surface area contributed by atoms with Crippen molar-refractivity contribution >= 4 is 31.9 Å². The summed E-state index contributed by atoms with van der Waals surface area (Å²) >= 11 is 7.35. The van der Waals surface area contributed by atoms with E-state index in [1.807, 2.05) is 30.3 Å². The molecule has 0 bridgehead atoms. The first-order valence-electron chi connectivity index (χ1n) is 5.75. The first-order chi connectivity index (χ1) is 8.66. The summed E-state index contributed by atoms with van der Waals surface area (Å²) < 4.78 is 12.9. The minimum absolute atomic E-state index is 0.197. The average Bonchev–Trinajstić information content (AvgIpc) is 2.40. The van der Waals surface area contributed by atoms with E-state index < -0.39 is 0 Å². The van der Waals surface area contributed by atoms with E-state index in [9.17, 15) is 4.39 Å². The van der Waals surface area contributed by atoms with Crippen LogP contribution in [0.2, 0.25) is 0 Å². The normalized spacial score (nSPS) is 14.2. The fourth-order valence-electron chi connectivity index (χ4n) is 1.79. The molecule has 0 fully saturated rings. The standard InChI is InChI=1S/C15H13Br2F/c16-14(11-4-2-1-3-5-11)10-15(17)12-6-8-13(18)9-7-12/h1-9,14-15H,10H2. The topological polar surface area (TPSA) is 0 Å². The van der Waals surface area contributed by atoms with Gasteiger partial charge in [0.25, 0.3) is 0 Å². The summed E-state index contributed by atoms with van der Waals surface area (Å²) in [5.74, 6) is -0.197. The third-order valence-corrected chi connectivity index (χ3v) is 4.61. The average molecular weight is 372 g/mol. The van der Waals surface area contributed by atoms with Crippen molar-refractivity contribution in [2.75, 3.05) is 0 Å². The number of alkyl halides is 2. The molecule has 3 heteroatoms. The molecule has 0 heterocycles. The third kappa shape index (κ3) is 3.66. The summed E-state index contributed by atoms with van der Waals surface area (Å²) in [6.07, 6.45) is 0.912. The lowest BCUT2D eigenvalue weighted by Crippen LogP contribution is -1.96. The van der Waals surface area contributed by atoms with Gasteiger partial charge in [0.1, 0.15) is 5.82 Å². The van der Waals surface area contributed by atoms with E-state index in [0.717, 1.165) is 12.0 Å². The molecule has 2 unspecified atom stereocenters. The van der Waals surface area contributed by atoms with Crippen LogP contribution < -0.4 is 0 Å². The Hall–Kier alpha value is -0.670. The van der Waals surface area contributed by atoms with E-state index >= 15 is 0 Å². The van der Waals surface area contributed by atoms with Crippen LogP contribution in [0.5, 0.6) is 0 Å². The smallest absolute Gasteiger partial charge is 0.123 e. The van der Waals surface area contributed by atoms with Crippen LogP contribution in [0, 0.1) is 5.82 Å². The minimum atomic E-state index is -0.197. The lowest BCUT2D eigenvalue weighted by molar-refractivity contribution is 0.626. The van der Waals surface area contributed by atoms with Gasteiger partial charge in [-0.1, -0.05) is 74.3 Å².